The number of nitrogens with one attached hydrogen (secondary N) is 1. The van der Waals surface area contributed by atoms with Crippen LogP contribution in [0.25, 0.3) is 5.69 Å². The molecule has 0 radical (unpaired) electrons. The molecule has 2 aromatic heterocycles. The molecular formula is C25H29ClN4O2S2. The fourth-order valence-corrected chi connectivity index (χ4v) is 6.19. The van der Waals surface area contributed by atoms with Crippen LogP contribution in [0.3, 0.4) is 0 Å². The normalized spacial score (nSPS) is 16.3. The molecule has 0 fully saturated rings. The summed E-state index contributed by atoms with van der Waals surface area (Å²) in [6, 6.07) is 9.56. The van der Waals surface area contributed by atoms with E-state index in [0.29, 0.717) is 23.1 Å². The average Bonchev–Trinajstić information content (AvgIpc) is 3.43. The van der Waals surface area contributed by atoms with E-state index in [0.717, 1.165) is 23.2 Å². The summed E-state index contributed by atoms with van der Waals surface area (Å²) in [5.74, 6) is 0.576. The Morgan fingerprint density at radius 2 is 2.03 bits per heavy atom. The number of anilines is 1. The van der Waals surface area contributed by atoms with Gasteiger partial charge >= 0.3 is 0 Å². The number of fused-ring (bicyclic) bond motifs is 1. The summed E-state index contributed by atoms with van der Waals surface area (Å²) in [7, 11) is 0. The van der Waals surface area contributed by atoms with E-state index in [-0.39, 0.29) is 34.8 Å². The van der Waals surface area contributed by atoms with Crippen LogP contribution in [0.4, 0.5) is 5.82 Å². The van der Waals surface area contributed by atoms with Crippen molar-refractivity contribution in [1.82, 2.24) is 15.1 Å². The molecule has 3 heterocycles. The smallest absolute Gasteiger partial charge is 0.240 e. The number of para-hydroxylation sites is 1. The molecule has 0 saturated heterocycles. The topological polar surface area (TPSA) is 67.2 Å². The molecule has 1 atom stereocenters. The van der Waals surface area contributed by atoms with Gasteiger partial charge in [-0.05, 0) is 40.9 Å². The number of halogens is 1. The Morgan fingerprint density at radius 3 is 2.68 bits per heavy atom. The predicted octanol–water partition coefficient (Wildman–Crippen LogP) is 5.58. The standard InChI is InChI=1S/C25H29ClN4O2S2/c1-5-11-27-19(31)13-29-20(32)15-34-22(16-10-12-33-14-16)21-23(25(2,3)4)28-30(24(21)29)18-9-7-6-8-17(18)26/h6-10,12,14,22H,5,11,13,15H2,1-4H3,(H,27,31)/t22-/m0/s1. The van der Waals surface area contributed by atoms with E-state index in [4.69, 9.17) is 16.7 Å². The first kappa shape index (κ1) is 24.8. The van der Waals surface area contributed by atoms with Crippen molar-refractivity contribution in [2.24, 2.45) is 0 Å². The Morgan fingerprint density at radius 1 is 1.26 bits per heavy atom. The molecule has 9 heteroatoms. The van der Waals surface area contributed by atoms with E-state index < -0.39 is 0 Å². The van der Waals surface area contributed by atoms with Crippen LogP contribution in [0.5, 0.6) is 0 Å². The zero-order valence-electron chi connectivity index (χ0n) is 19.8. The third kappa shape index (κ3) is 4.90. The molecule has 6 nitrogen and oxygen atoms in total. The van der Waals surface area contributed by atoms with Crippen LogP contribution in [-0.4, -0.2) is 40.4 Å². The van der Waals surface area contributed by atoms with Crippen LogP contribution in [0.15, 0.2) is 41.1 Å². The average molecular weight is 517 g/mol. The third-order valence-corrected chi connectivity index (χ3v) is 7.88. The highest BCUT2D eigenvalue weighted by molar-refractivity contribution is 8.00. The zero-order chi connectivity index (χ0) is 24.5. The number of hydrogen-bond donors (Lipinski definition) is 1. The van der Waals surface area contributed by atoms with Gasteiger partial charge < -0.3 is 5.32 Å². The van der Waals surface area contributed by atoms with Crippen molar-refractivity contribution in [3.8, 4) is 5.69 Å². The van der Waals surface area contributed by atoms with Crippen LogP contribution >= 0.6 is 34.7 Å². The van der Waals surface area contributed by atoms with Gasteiger partial charge in [0.05, 0.1) is 27.4 Å². The molecule has 0 saturated carbocycles. The van der Waals surface area contributed by atoms with E-state index in [2.05, 4.69) is 37.5 Å². The van der Waals surface area contributed by atoms with Crippen LogP contribution in [-0.2, 0) is 15.0 Å². The van der Waals surface area contributed by atoms with Gasteiger partial charge in [-0.25, -0.2) is 4.68 Å². The van der Waals surface area contributed by atoms with Crippen molar-refractivity contribution in [2.75, 3.05) is 23.7 Å². The van der Waals surface area contributed by atoms with E-state index >= 15 is 0 Å². The Balaban J connectivity index is 1.99. The van der Waals surface area contributed by atoms with Crippen molar-refractivity contribution >= 4 is 52.3 Å². The highest BCUT2D eigenvalue weighted by Crippen LogP contribution is 2.49. The summed E-state index contributed by atoms with van der Waals surface area (Å²) < 4.78 is 1.76. The Kier molecular flexibility index (Phi) is 7.40. The minimum Gasteiger partial charge on any atom is -0.355 e. The highest BCUT2D eigenvalue weighted by atomic mass is 35.5. The maximum atomic E-state index is 13.5. The molecule has 1 aliphatic rings. The molecule has 180 valence electrons. The predicted molar refractivity (Wildman–Crippen MR) is 142 cm³/mol. The maximum absolute atomic E-state index is 13.5. The number of amides is 2. The quantitative estimate of drug-likeness (QED) is 0.464. The summed E-state index contributed by atoms with van der Waals surface area (Å²) in [5, 5.41) is 12.6. The minimum atomic E-state index is -0.297. The molecule has 34 heavy (non-hydrogen) atoms. The molecule has 0 bridgehead atoms. The first-order valence-electron chi connectivity index (χ1n) is 11.3. The monoisotopic (exact) mass is 516 g/mol. The second kappa shape index (κ2) is 10.1. The maximum Gasteiger partial charge on any atom is 0.240 e. The van der Waals surface area contributed by atoms with Crippen molar-refractivity contribution < 1.29 is 9.59 Å². The Labute approximate surface area is 213 Å². The molecule has 1 N–H and O–H groups in total. The number of hydrogen-bond acceptors (Lipinski definition) is 5. The van der Waals surface area contributed by atoms with Crippen LogP contribution in [0.2, 0.25) is 5.02 Å². The van der Waals surface area contributed by atoms with Crippen molar-refractivity contribution in [1.29, 1.82) is 0 Å². The molecule has 0 aliphatic carbocycles. The van der Waals surface area contributed by atoms with Gasteiger partial charge in [0, 0.05) is 17.5 Å². The fraction of sp³-hybridized carbons (Fsp3) is 0.400. The molecule has 4 rings (SSSR count). The lowest BCUT2D eigenvalue weighted by Gasteiger charge is -2.24. The second-order valence-electron chi connectivity index (χ2n) is 9.28. The summed E-state index contributed by atoms with van der Waals surface area (Å²) >= 11 is 9.83. The number of benzene rings is 1. The second-order valence-corrected chi connectivity index (χ2v) is 11.6. The van der Waals surface area contributed by atoms with Gasteiger partial charge in [-0.1, -0.05) is 51.4 Å². The minimum absolute atomic E-state index is 0.0670. The van der Waals surface area contributed by atoms with E-state index in [1.54, 1.807) is 32.7 Å². The molecule has 0 unspecified atom stereocenters. The number of carbonyl (C=O) groups is 2. The van der Waals surface area contributed by atoms with Crippen molar-refractivity contribution in [2.45, 2.75) is 44.8 Å². The van der Waals surface area contributed by atoms with E-state index in [1.165, 1.54) is 0 Å². The number of rotatable bonds is 6. The summed E-state index contributed by atoms with van der Waals surface area (Å²) in [6.45, 7) is 8.85. The van der Waals surface area contributed by atoms with Gasteiger partial charge in [0.25, 0.3) is 0 Å². The molecule has 0 spiro atoms. The van der Waals surface area contributed by atoms with Gasteiger partial charge in [0.1, 0.15) is 12.4 Å². The fourth-order valence-electron chi connectivity index (χ4n) is 4.02. The van der Waals surface area contributed by atoms with E-state index in [1.807, 2.05) is 36.6 Å². The number of aromatic nitrogens is 2. The zero-order valence-corrected chi connectivity index (χ0v) is 22.2. The SMILES string of the molecule is CCCNC(=O)CN1C(=O)CS[C@@H](c2ccsc2)c2c(C(C)(C)C)nn(-c3ccccc3Cl)c21. The van der Waals surface area contributed by atoms with Crippen LogP contribution in [0.1, 0.15) is 56.2 Å². The Hall–Kier alpha value is -2.29. The Bertz CT molecular complexity index is 1180. The molecule has 1 aromatic carbocycles. The summed E-state index contributed by atoms with van der Waals surface area (Å²) in [6.07, 6.45) is 0.826. The summed E-state index contributed by atoms with van der Waals surface area (Å²) in [4.78, 5) is 27.9. The third-order valence-electron chi connectivity index (χ3n) is 5.60. The number of carbonyl (C=O) groups excluding carboxylic acids is 2. The first-order valence-corrected chi connectivity index (χ1v) is 13.7. The van der Waals surface area contributed by atoms with E-state index in [9.17, 15) is 9.59 Å². The number of thiophene rings is 1. The molecular weight excluding hydrogens is 488 g/mol. The van der Waals surface area contributed by atoms with Crippen LogP contribution in [0, 0.1) is 0 Å². The largest absolute Gasteiger partial charge is 0.355 e. The summed E-state index contributed by atoms with van der Waals surface area (Å²) in [5.41, 5.74) is 3.36. The lowest BCUT2D eigenvalue weighted by Crippen LogP contribution is -2.42. The first-order chi connectivity index (χ1) is 16.2. The lowest BCUT2D eigenvalue weighted by atomic mass is 9.87. The van der Waals surface area contributed by atoms with Crippen LogP contribution < -0.4 is 10.2 Å². The van der Waals surface area contributed by atoms with Crippen molar-refractivity contribution in [3.05, 3.63) is 62.9 Å². The van der Waals surface area contributed by atoms with Gasteiger partial charge in [-0.2, -0.15) is 16.4 Å². The molecule has 1 aliphatic heterocycles. The van der Waals surface area contributed by atoms with Gasteiger partial charge in [-0.15, -0.1) is 11.8 Å². The molecule has 2 amide bonds. The number of thioether (sulfide) groups is 1. The van der Waals surface area contributed by atoms with Gasteiger partial charge in [0.2, 0.25) is 11.8 Å². The molecule has 3 aromatic rings. The van der Waals surface area contributed by atoms with Crippen molar-refractivity contribution in [3.63, 3.8) is 0 Å². The highest BCUT2D eigenvalue weighted by Gasteiger charge is 2.40. The lowest BCUT2D eigenvalue weighted by molar-refractivity contribution is -0.122. The van der Waals surface area contributed by atoms with Gasteiger partial charge in [-0.3, -0.25) is 14.5 Å². The van der Waals surface area contributed by atoms with Gasteiger partial charge in [0.15, 0.2) is 0 Å². The number of nitrogens with zero attached hydrogens (tertiary/aromatic N) is 3.